The van der Waals surface area contributed by atoms with Gasteiger partial charge in [-0.05, 0) is 26.3 Å². The zero-order valence-corrected chi connectivity index (χ0v) is 10.0. The van der Waals surface area contributed by atoms with Crippen LogP contribution in [0.2, 0.25) is 0 Å². The number of carbonyl (C=O) groups is 2. The van der Waals surface area contributed by atoms with Gasteiger partial charge in [0.1, 0.15) is 6.04 Å². The minimum atomic E-state index is -0.470. The second-order valence-corrected chi connectivity index (χ2v) is 4.20. The fourth-order valence-corrected chi connectivity index (χ4v) is 1.85. The van der Waals surface area contributed by atoms with Crippen LogP contribution in [0.4, 0.5) is 0 Å². The molecule has 1 rings (SSSR count). The maximum absolute atomic E-state index is 11.8. The molecular formula is C11H21N3O2. The van der Waals surface area contributed by atoms with E-state index in [0.717, 1.165) is 25.8 Å². The van der Waals surface area contributed by atoms with E-state index in [2.05, 4.69) is 16.0 Å². The minimum absolute atomic E-state index is 0.0713. The summed E-state index contributed by atoms with van der Waals surface area (Å²) < 4.78 is 0. The Kier molecular flexibility index (Phi) is 5.25. The summed E-state index contributed by atoms with van der Waals surface area (Å²) in [6.45, 7) is 2.57. The maximum Gasteiger partial charge on any atom is 0.242 e. The molecule has 1 fully saturated rings. The van der Waals surface area contributed by atoms with E-state index in [9.17, 15) is 9.59 Å². The van der Waals surface area contributed by atoms with Crippen molar-refractivity contribution < 1.29 is 9.59 Å². The average Bonchev–Trinajstić information content (AvgIpc) is 2.56. The number of amides is 2. The highest BCUT2D eigenvalue weighted by molar-refractivity contribution is 5.89. The average molecular weight is 227 g/mol. The van der Waals surface area contributed by atoms with Gasteiger partial charge in [-0.2, -0.15) is 0 Å². The first kappa shape index (κ1) is 13.0. The van der Waals surface area contributed by atoms with Crippen LogP contribution in [-0.4, -0.2) is 37.5 Å². The summed E-state index contributed by atoms with van der Waals surface area (Å²) >= 11 is 0. The first-order valence-electron chi connectivity index (χ1n) is 5.90. The second kappa shape index (κ2) is 6.48. The molecule has 1 aliphatic heterocycles. The third kappa shape index (κ3) is 3.81. The lowest BCUT2D eigenvalue weighted by Crippen LogP contribution is -2.50. The molecule has 16 heavy (non-hydrogen) atoms. The first-order valence-corrected chi connectivity index (χ1v) is 5.90. The van der Waals surface area contributed by atoms with Gasteiger partial charge in [0.2, 0.25) is 11.8 Å². The molecule has 5 heteroatoms. The zero-order valence-electron chi connectivity index (χ0n) is 10.0. The van der Waals surface area contributed by atoms with Gasteiger partial charge in [0.25, 0.3) is 0 Å². The number of likely N-dealkylation sites (N-methyl/N-ethyl adjacent to an activating group) is 1. The van der Waals surface area contributed by atoms with Crippen molar-refractivity contribution in [2.75, 3.05) is 13.6 Å². The highest BCUT2D eigenvalue weighted by Gasteiger charge is 2.22. The predicted molar refractivity (Wildman–Crippen MR) is 61.9 cm³/mol. The molecule has 0 aromatic heterocycles. The molecular weight excluding hydrogens is 206 g/mol. The van der Waals surface area contributed by atoms with Gasteiger partial charge < -0.3 is 16.0 Å². The Morgan fingerprint density at radius 3 is 2.75 bits per heavy atom. The van der Waals surface area contributed by atoms with Crippen molar-refractivity contribution in [3.63, 3.8) is 0 Å². The standard InChI is InChI=1S/C11H21N3O2/c1-8(10(15)12-2)14-11(16)9-6-4-3-5-7-13-9/h8-9,13H,3-7H2,1-2H3,(H,12,15)(H,14,16). The van der Waals surface area contributed by atoms with E-state index in [1.54, 1.807) is 14.0 Å². The van der Waals surface area contributed by atoms with Gasteiger partial charge >= 0.3 is 0 Å². The number of nitrogens with one attached hydrogen (secondary N) is 3. The number of rotatable bonds is 3. The molecule has 0 aromatic rings. The Labute approximate surface area is 96.4 Å². The van der Waals surface area contributed by atoms with E-state index in [1.807, 2.05) is 0 Å². The van der Waals surface area contributed by atoms with Crippen molar-refractivity contribution in [2.45, 2.75) is 44.7 Å². The van der Waals surface area contributed by atoms with Gasteiger partial charge in [-0.1, -0.05) is 12.8 Å². The van der Waals surface area contributed by atoms with Gasteiger partial charge in [-0.3, -0.25) is 9.59 Å². The van der Waals surface area contributed by atoms with Gasteiger partial charge in [0.15, 0.2) is 0 Å². The second-order valence-electron chi connectivity index (χ2n) is 4.20. The van der Waals surface area contributed by atoms with Crippen LogP contribution in [0.15, 0.2) is 0 Å². The highest BCUT2D eigenvalue weighted by Crippen LogP contribution is 2.08. The molecule has 0 aliphatic carbocycles. The normalized spacial score (nSPS) is 23.0. The SMILES string of the molecule is CNC(=O)C(C)NC(=O)C1CCCCCN1. The van der Waals surface area contributed by atoms with Crippen LogP contribution in [0, 0.1) is 0 Å². The van der Waals surface area contributed by atoms with E-state index < -0.39 is 6.04 Å². The fourth-order valence-electron chi connectivity index (χ4n) is 1.85. The largest absolute Gasteiger partial charge is 0.357 e. The smallest absolute Gasteiger partial charge is 0.242 e. The molecule has 5 nitrogen and oxygen atoms in total. The molecule has 0 bridgehead atoms. The Morgan fingerprint density at radius 1 is 1.31 bits per heavy atom. The van der Waals surface area contributed by atoms with Gasteiger partial charge in [0.05, 0.1) is 6.04 Å². The molecule has 0 aromatic carbocycles. The summed E-state index contributed by atoms with van der Waals surface area (Å²) in [6.07, 6.45) is 4.21. The lowest BCUT2D eigenvalue weighted by atomic mass is 10.1. The van der Waals surface area contributed by atoms with E-state index in [0.29, 0.717) is 0 Å². The van der Waals surface area contributed by atoms with Crippen LogP contribution in [0.5, 0.6) is 0 Å². The first-order chi connectivity index (χ1) is 7.65. The van der Waals surface area contributed by atoms with Crippen LogP contribution in [0.1, 0.15) is 32.6 Å². The summed E-state index contributed by atoms with van der Waals surface area (Å²) in [5.74, 6) is -0.236. The van der Waals surface area contributed by atoms with Crippen molar-refractivity contribution in [1.29, 1.82) is 0 Å². The Balaban J connectivity index is 2.41. The van der Waals surface area contributed by atoms with E-state index in [4.69, 9.17) is 0 Å². The monoisotopic (exact) mass is 227 g/mol. The van der Waals surface area contributed by atoms with Crippen molar-refractivity contribution in [2.24, 2.45) is 0 Å². The number of hydrogen-bond donors (Lipinski definition) is 3. The lowest BCUT2D eigenvalue weighted by Gasteiger charge is -2.18. The Morgan fingerprint density at radius 2 is 2.06 bits per heavy atom. The van der Waals surface area contributed by atoms with Crippen LogP contribution in [-0.2, 0) is 9.59 Å². The Bertz CT molecular complexity index is 248. The quantitative estimate of drug-likeness (QED) is 0.624. The van der Waals surface area contributed by atoms with Crippen molar-refractivity contribution >= 4 is 11.8 Å². The van der Waals surface area contributed by atoms with Crippen molar-refractivity contribution in [3.05, 3.63) is 0 Å². The summed E-state index contributed by atoms with van der Waals surface area (Å²) in [5.41, 5.74) is 0. The van der Waals surface area contributed by atoms with E-state index in [1.165, 1.54) is 6.42 Å². The third-order valence-corrected chi connectivity index (χ3v) is 2.88. The van der Waals surface area contributed by atoms with E-state index in [-0.39, 0.29) is 17.9 Å². The van der Waals surface area contributed by atoms with Crippen LogP contribution >= 0.6 is 0 Å². The van der Waals surface area contributed by atoms with Crippen LogP contribution < -0.4 is 16.0 Å². The summed E-state index contributed by atoms with van der Waals surface area (Å²) in [7, 11) is 1.56. The highest BCUT2D eigenvalue weighted by atomic mass is 16.2. The van der Waals surface area contributed by atoms with Crippen LogP contribution in [0.25, 0.3) is 0 Å². The number of hydrogen-bond acceptors (Lipinski definition) is 3. The molecule has 0 radical (unpaired) electrons. The molecule has 1 saturated heterocycles. The fraction of sp³-hybridized carbons (Fsp3) is 0.818. The van der Waals surface area contributed by atoms with Crippen LogP contribution in [0.3, 0.4) is 0 Å². The molecule has 0 saturated carbocycles. The molecule has 2 atom stereocenters. The molecule has 92 valence electrons. The van der Waals surface area contributed by atoms with E-state index >= 15 is 0 Å². The van der Waals surface area contributed by atoms with Gasteiger partial charge in [0, 0.05) is 7.05 Å². The molecule has 0 spiro atoms. The number of carbonyl (C=O) groups excluding carboxylic acids is 2. The molecule has 2 unspecified atom stereocenters. The molecule has 2 amide bonds. The zero-order chi connectivity index (χ0) is 12.0. The predicted octanol–water partition coefficient (Wildman–Crippen LogP) is -0.231. The van der Waals surface area contributed by atoms with Crippen molar-refractivity contribution in [3.8, 4) is 0 Å². The maximum atomic E-state index is 11.8. The summed E-state index contributed by atoms with van der Waals surface area (Å²) in [5, 5.41) is 8.43. The van der Waals surface area contributed by atoms with Crippen molar-refractivity contribution in [1.82, 2.24) is 16.0 Å². The third-order valence-electron chi connectivity index (χ3n) is 2.88. The van der Waals surface area contributed by atoms with Gasteiger partial charge in [-0.15, -0.1) is 0 Å². The summed E-state index contributed by atoms with van der Waals surface area (Å²) in [4.78, 5) is 23.1. The minimum Gasteiger partial charge on any atom is -0.357 e. The van der Waals surface area contributed by atoms with Gasteiger partial charge in [-0.25, -0.2) is 0 Å². The lowest BCUT2D eigenvalue weighted by molar-refractivity contribution is -0.129. The molecule has 1 aliphatic rings. The molecule has 1 heterocycles. The summed E-state index contributed by atoms with van der Waals surface area (Å²) in [6, 6.07) is -0.614. The molecule has 3 N–H and O–H groups in total. The Hall–Kier alpha value is -1.10. The topological polar surface area (TPSA) is 70.2 Å².